The van der Waals surface area contributed by atoms with Gasteiger partial charge in [0, 0.05) is 5.92 Å². The SMILES string of the molecule is C=CCO[C@H]1O[C@@H]2C(O)C(c3ccccc3)[C@]2(O)[C@H](O)[C@H]1O. The van der Waals surface area contributed by atoms with Crippen molar-refractivity contribution in [3.8, 4) is 0 Å². The van der Waals surface area contributed by atoms with Gasteiger partial charge in [0.15, 0.2) is 6.29 Å². The summed E-state index contributed by atoms with van der Waals surface area (Å²) in [6.45, 7) is 3.62. The van der Waals surface area contributed by atoms with E-state index in [-0.39, 0.29) is 6.61 Å². The average Bonchev–Trinajstić information content (AvgIpc) is 2.53. The normalized spacial score (nSPS) is 44.0. The zero-order valence-corrected chi connectivity index (χ0v) is 11.9. The zero-order valence-electron chi connectivity index (χ0n) is 11.9. The maximum atomic E-state index is 10.8. The lowest BCUT2D eigenvalue weighted by atomic mass is 9.57. The fourth-order valence-electron chi connectivity index (χ4n) is 3.39. The third-order valence-electron chi connectivity index (χ3n) is 4.50. The van der Waals surface area contributed by atoms with E-state index in [4.69, 9.17) is 9.47 Å². The minimum absolute atomic E-state index is 0.123. The van der Waals surface area contributed by atoms with Crippen LogP contribution in [-0.2, 0) is 9.47 Å². The third-order valence-corrected chi connectivity index (χ3v) is 4.50. The van der Waals surface area contributed by atoms with Crippen LogP contribution in [0.2, 0.25) is 0 Å². The van der Waals surface area contributed by atoms with Crippen LogP contribution < -0.4 is 0 Å². The van der Waals surface area contributed by atoms with E-state index in [0.717, 1.165) is 0 Å². The molecule has 1 saturated heterocycles. The molecule has 1 aliphatic carbocycles. The van der Waals surface area contributed by atoms with Gasteiger partial charge in [-0.05, 0) is 5.56 Å². The summed E-state index contributed by atoms with van der Waals surface area (Å²) in [7, 11) is 0. The first-order chi connectivity index (χ1) is 10.5. The average molecular weight is 308 g/mol. The van der Waals surface area contributed by atoms with Gasteiger partial charge in [0.2, 0.25) is 0 Å². The first-order valence-electron chi connectivity index (χ1n) is 7.21. The van der Waals surface area contributed by atoms with E-state index in [1.165, 1.54) is 6.08 Å². The zero-order chi connectivity index (χ0) is 15.9. The molecular weight excluding hydrogens is 288 g/mol. The van der Waals surface area contributed by atoms with Gasteiger partial charge in [-0.1, -0.05) is 36.4 Å². The number of hydrogen-bond acceptors (Lipinski definition) is 6. The van der Waals surface area contributed by atoms with Gasteiger partial charge in [-0.3, -0.25) is 0 Å². The molecule has 1 aromatic carbocycles. The number of fused-ring (bicyclic) bond motifs is 1. The Kier molecular flexibility index (Phi) is 4.07. The highest BCUT2D eigenvalue weighted by Crippen LogP contribution is 2.53. The quantitative estimate of drug-likeness (QED) is 0.561. The second-order valence-electron chi connectivity index (χ2n) is 5.75. The monoisotopic (exact) mass is 308 g/mol. The van der Waals surface area contributed by atoms with Crippen molar-refractivity contribution < 1.29 is 29.9 Å². The summed E-state index contributed by atoms with van der Waals surface area (Å²) < 4.78 is 10.7. The van der Waals surface area contributed by atoms with Crippen molar-refractivity contribution in [2.24, 2.45) is 0 Å². The minimum atomic E-state index is -1.76. The molecule has 0 bridgehead atoms. The van der Waals surface area contributed by atoms with Crippen LogP contribution in [0.25, 0.3) is 0 Å². The Bertz CT molecular complexity index is 531. The summed E-state index contributed by atoms with van der Waals surface area (Å²) in [5, 5.41) is 41.6. The minimum Gasteiger partial charge on any atom is -0.390 e. The number of aliphatic hydroxyl groups excluding tert-OH is 3. The predicted octanol–water partition coefficient (Wildman–Crippen LogP) is -0.475. The Morgan fingerprint density at radius 1 is 1.18 bits per heavy atom. The third kappa shape index (κ3) is 2.11. The molecule has 2 fully saturated rings. The van der Waals surface area contributed by atoms with E-state index < -0.39 is 42.2 Å². The number of hydrogen-bond donors (Lipinski definition) is 4. The topological polar surface area (TPSA) is 99.4 Å². The number of rotatable bonds is 4. The highest BCUT2D eigenvalue weighted by molar-refractivity contribution is 5.35. The summed E-state index contributed by atoms with van der Waals surface area (Å²) in [4.78, 5) is 0. The van der Waals surface area contributed by atoms with Gasteiger partial charge in [-0.15, -0.1) is 6.58 Å². The molecule has 0 radical (unpaired) electrons. The molecule has 22 heavy (non-hydrogen) atoms. The molecule has 3 rings (SSSR count). The van der Waals surface area contributed by atoms with Gasteiger partial charge in [-0.2, -0.15) is 0 Å². The molecular formula is C16H20O6. The lowest BCUT2D eigenvalue weighted by Gasteiger charge is -2.61. The van der Waals surface area contributed by atoms with Crippen molar-refractivity contribution in [3.05, 3.63) is 48.6 Å². The van der Waals surface area contributed by atoms with Gasteiger partial charge in [0.1, 0.15) is 23.9 Å². The van der Waals surface area contributed by atoms with E-state index in [9.17, 15) is 20.4 Å². The van der Waals surface area contributed by atoms with Crippen LogP contribution in [0, 0.1) is 0 Å². The van der Waals surface area contributed by atoms with Gasteiger partial charge < -0.3 is 29.9 Å². The van der Waals surface area contributed by atoms with Crippen molar-refractivity contribution in [1.29, 1.82) is 0 Å². The number of benzene rings is 1. The second kappa shape index (κ2) is 5.73. The molecule has 7 atom stereocenters. The predicted molar refractivity (Wildman–Crippen MR) is 77.0 cm³/mol. The van der Waals surface area contributed by atoms with Crippen molar-refractivity contribution in [3.63, 3.8) is 0 Å². The molecule has 2 aliphatic rings. The van der Waals surface area contributed by atoms with Crippen molar-refractivity contribution in [2.45, 2.75) is 42.2 Å². The Morgan fingerprint density at radius 3 is 2.50 bits per heavy atom. The molecule has 6 heteroatoms. The van der Waals surface area contributed by atoms with Crippen molar-refractivity contribution in [1.82, 2.24) is 0 Å². The standard InChI is InChI=1S/C16H20O6/c1-2-8-21-15-12(18)13(19)16(20)10(11(17)14(16)22-15)9-6-4-3-5-7-9/h2-7,10-15,17-20H,1,8H2/t10?,11?,12-,13-,14-,15+,16+/m1/s1. The van der Waals surface area contributed by atoms with Crippen molar-refractivity contribution >= 4 is 0 Å². The van der Waals surface area contributed by atoms with Crippen LogP contribution in [0.4, 0.5) is 0 Å². The Balaban J connectivity index is 1.86. The Morgan fingerprint density at radius 2 is 1.86 bits per heavy atom. The van der Waals surface area contributed by atoms with Gasteiger partial charge in [0.25, 0.3) is 0 Å². The maximum absolute atomic E-state index is 10.8. The van der Waals surface area contributed by atoms with Crippen LogP contribution >= 0.6 is 0 Å². The van der Waals surface area contributed by atoms with Crippen molar-refractivity contribution in [2.75, 3.05) is 6.61 Å². The molecule has 0 spiro atoms. The molecule has 0 amide bonds. The molecule has 6 nitrogen and oxygen atoms in total. The Hall–Kier alpha value is -1.28. The van der Waals surface area contributed by atoms with Crippen LogP contribution in [0.5, 0.6) is 0 Å². The molecule has 120 valence electrons. The smallest absolute Gasteiger partial charge is 0.187 e. The lowest BCUT2D eigenvalue weighted by Crippen LogP contribution is -2.80. The molecule has 4 N–H and O–H groups in total. The van der Waals surface area contributed by atoms with E-state index in [1.54, 1.807) is 24.3 Å². The van der Waals surface area contributed by atoms with E-state index in [1.807, 2.05) is 6.07 Å². The van der Waals surface area contributed by atoms with E-state index in [0.29, 0.717) is 5.56 Å². The largest absolute Gasteiger partial charge is 0.390 e. The lowest BCUT2D eigenvalue weighted by molar-refractivity contribution is -0.385. The number of ether oxygens (including phenoxy) is 2. The summed E-state index contributed by atoms with van der Waals surface area (Å²) in [5.74, 6) is -0.733. The summed E-state index contributed by atoms with van der Waals surface area (Å²) >= 11 is 0. The van der Waals surface area contributed by atoms with Crippen LogP contribution in [0.3, 0.4) is 0 Å². The fraction of sp³-hybridized carbons (Fsp3) is 0.500. The molecule has 1 saturated carbocycles. The molecule has 0 aromatic heterocycles. The molecule has 2 unspecified atom stereocenters. The first kappa shape index (κ1) is 15.6. The Labute approximate surface area is 128 Å². The van der Waals surface area contributed by atoms with Crippen LogP contribution in [-0.4, -0.2) is 63.3 Å². The van der Waals surface area contributed by atoms with Crippen LogP contribution in [0.1, 0.15) is 11.5 Å². The molecule has 1 aliphatic heterocycles. The number of aliphatic hydroxyl groups is 4. The second-order valence-corrected chi connectivity index (χ2v) is 5.75. The highest BCUT2D eigenvalue weighted by atomic mass is 16.7. The molecule has 1 aromatic rings. The van der Waals surface area contributed by atoms with Crippen LogP contribution in [0.15, 0.2) is 43.0 Å². The maximum Gasteiger partial charge on any atom is 0.187 e. The van der Waals surface area contributed by atoms with E-state index in [2.05, 4.69) is 6.58 Å². The first-order valence-corrected chi connectivity index (χ1v) is 7.21. The van der Waals surface area contributed by atoms with Gasteiger partial charge >= 0.3 is 0 Å². The van der Waals surface area contributed by atoms with E-state index >= 15 is 0 Å². The van der Waals surface area contributed by atoms with Gasteiger partial charge in [-0.25, -0.2) is 0 Å². The fourth-order valence-corrected chi connectivity index (χ4v) is 3.39. The van der Waals surface area contributed by atoms with Gasteiger partial charge in [0.05, 0.1) is 12.7 Å². The summed E-state index contributed by atoms with van der Waals surface area (Å²) in [6.07, 6.45) is -4.57. The molecule has 1 heterocycles. The highest BCUT2D eigenvalue weighted by Gasteiger charge is 2.71. The summed E-state index contributed by atoms with van der Waals surface area (Å²) in [6, 6.07) is 8.88. The summed E-state index contributed by atoms with van der Waals surface area (Å²) in [5.41, 5.74) is -1.08.